The van der Waals surface area contributed by atoms with Gasteiger partial charge in [-0.05, 0) is 36.4 Å². The Morgan fingerprint density at radius 3 is 2.47 bits per heavy atom. The van der Waals surface area contributed by atoms with Crippen LogP contribution >= 0.6 is 0 Å². The van der Waals surface area contributed by atoms with Gasteiger partial charge in [0.15, 0.2) is 8.32 Å². The van der Waals surface area contributed by atoms with Crippen molar-refractivity contribution in [3.63, 3.8) is 0 Å². The molecule has 2 rings (SSSR count). The van der Waals surface area contributed by atoms with Crippen LogP contribution in [0.25, 0.3) is 0 Å². The molecule has 0 radical (unpaired) electrons. The summed E-state index contributed by atoms with van der Waals surface area (Å²) in [5.41, 5.74) is 1.26. The Morgan fingerprint density at radius 2 is 1.87 bits per heavy atom. The fourth-order valence-corrected chi connectivity index (χ4v) is 5.87. The molecule has 2 heteroatoms. The highest BCUT2D eigenvalue weighted by Gasteiger charge is 2.47. The van der Waals surface area contributed by atoms with Gasteiger partial charge in [0.05, 0.1) is 0 Å². The van der Waals surface area contributed by atoms with Gasteiger partial charge in [0.2, 0.25) is 0 Å². The van der Waals surface area contributed by atoms with Crippen LogP contribution in [-0.4, -0.2) is 14.9 Å². The molecule has 0 bridgehead atoms. The van der Waals surface area contributed by atoms with Crippen LogP contribution in [-0.2, 0) is 4.43 Å². The second kappa shape index (κ2) is 3.46. The van der Waals surface area contributed by atoms with E-state index in [2.05, 4.69) is 46.0 Å². The van der Waals surface area contributed by atoms with Crippen LogP contribution in [0, 0.1) is 17.3 Å². The third-order valence-corrected chi connectivity index (χ3v) is 7.63. The van der Waals surface area contributed by atoms with Crippen LogP contribution in [0.3, 0.4) is 0 Å². The van der Waals surface area contributed by atoms with Crippen LogP contribution in [0.15, 0.2) is 12.2 Å². The summed E-state index contributed by atoms with van der Waals surface area (Å²) in [4.78, 5) is 0. The minimum absolute atomic E-state index is 0.411. The standard InChI is InChI=1S/C13H24OSi/c1-13(2,3)11-7-6-10-9-14-15(4,5)12(10)8-11/h6-7,10-12H,8-9H2,1-5H3/t10-,11-,12-/m1/s1. The zero-order valence-corrected chi connectivity index (χ0v) is 11.7. The molecule has 0 aromatic carbocycles. The molecule has 0 saturated carbocycles. The van der Waals surface area contributed by atoms with Gasteiger partial charge in [-0.1, -0.05) is 32.9 Å². The quantitative estimate of drug-likeness (QED) is 0.449. The minimum atomic E-state index is -1.37. The number of allylic oxidation sites excluding steroid dienone is 1. The van der Waals surface area contributed by atoms with E-state index in [9.17, 15) is 0 Å². The topological polar surface area (TPSA) is 9.23 Å². The monoisotopic (exact) mass is 224 g/mol. The van der Waals surface area contributed by atoms with Gasteiger partial charge in [-0.25, -0.2) is 0 Å². The molecule has 2 aliphatic rings. The summed E-state index contributed by atoms with van der Waals surface area (Å²) >= 11 is 0. The lowest BCUT2D eigenvalue weighted by atomic mass is 9.73. The van der Waals surface area contributed by atoms with E-state index in [1.165, 1.54) is 6.42 Å². The molecule has 3 atom stereocenters. The zero-order chi connectivity index (χ0) is 11.3. The summed E-state index contributed by atoms with van der Waals surface area (Å²) in [6, 6.07) is 0. The Labute approximate surface area is 95.0 Å². The molecular formula is C13H24OSi. The predicted octanol–water partition coefficient (Wildman–Crippen LogP) is 3.83. The third-order valence-electron chi connectivity index (χ3n) is 4.27. The molecular weight excluding hydrogens is 200 g/mol. The first-order chi connectivity index (χ1) is 6.81. The summed E-state index contributed by atoms with van der Waals surface area (Å²) in [7, 11) is -1.37. The van der Waals surface area contributed by atoms with E-state index in [1.807, 2.05) is 0 Å². The smallest absolute Gasteiger partial charge is 0.190 e. The van der Waals surface area contributed by atoms with E-state index >= 15 is 0 Å². The van der Waals surface area contributed by atoms with Crippen molar-refractivity contribution in [2.24, 2.45) is 17.3 Å². The molecule has 1 saturated heterocycles. The lowest BCUT2D eigenvalue weighted by Crippen LogP contribution is -2.35. The van der Waals surface area contributed by atoms with Crippen molar-refractivity contribution in [2.75, 3.05) is 6.61 Å². The van der Waals surface area contributed by atoms with Crippen molar-refractivity contribution < 1.29 is 4.43 Å². The second-order valence-corrected chi connectivity index (χ2v) is 11.0. The molecule has 1 heterocycles. The van der Waals surface area contributed by atoms with Crippen LogP contribution in [0.1, 0.15) is 27.2 Å². The first kappa shape index (κ1) is 11.4. The summed E-state index contributed by atoms with van der Waals surface area (Å²) in [6.45, 7) is 12.8. The normalized spacial score (nSPS) is 39.1. The van der Waals surface area contributed by atoms with Crippen molar-refractivity contribution in [3.8, 4) is 0 Å². The molecule has 1 aliphatic heterocycles. The van der Waals surface area contributed by atoms with Crippen LogP contribution < -0.4 is 0 Å². The minimum Gasteiger partial charge on any atom is -0.416 e. The van der Waals surface area contributed by atoms with Gasteiger partial charge >= 0.3 is 0 Å². The van der Waals surface area contributed by atoms with Crippen molar-refractivity contribution in [2.45, 2.75) is 45.8 Å². The van der Waals surface area contributed by atoms with Crippen molar-refractivity contribution >= 4 is 8.32 Å². The average Bonchev–Trinajstić information content (AvgIpc) is 2.41. The number of hydrogen-bond acceptors (Lipinski definition) is 1. The largest absolute Gasteiger partial charge is 0.416 e. The summed E-state index contributed by atoms with van der Waals surface area (Å²) in [6.07, 6.45) is 6.23. The fourth-order valence-electron chi connectivity index (χ4n) is 2.97. The number of rotatable bonds is 0. The fraction of sp³-hybridized carbons (Fsp3) is 0.846. The molecule has 1 aliphatic carbocycles. The van der Waals surface area contributed by atoms with Gasteiger partial charge in [-0.15, -0.1) is 0 Å². The highest BCUT2D eigenvalue weighted by molar-refractivity contribution is 6.73. The maximum Gasteiger partial charge on any atom is 0.190 e. The van der Waals surface area contributed by atoms with E-state index in [0.29, 0.717) is 5.41 Å². The maximum absolute atomic E-state index is 6.04. The van der Waals surface area contributed by atoms with Gasteiger partial charge in [0, 0.05) is 12.5 Å². The molecule has 15 heavy (non-hydrogen) atoms. The second-order valence-electron chi connectivity index (χ2n) is 6.78. The van der Waals surface area contributed by atoms with E-state index in [4.69, 9.17) is 4.43 Å². The molecule has 1 nitrogen and oxygen atoms in total. The molecule has 0 spiro atoms. The number of hydrogen-bond donors (Lipinski definition) is 0. The van der Waals surface area contributed by atoms with E-state index in [0.717, 1.165) is 24.0 Å². The van der Waals surface area contributed by atoms with E-state index in [-0.39, 0.29) is 0 Å². The van der Waals surface area contributed by atoms with Gasteiger partial charge in [-0.2, -0.15) is 0 Å². The Hall–Kier alpha value is -0.0831. The molecule has 0 N–H and O–H groups in total. The van der Waals surface area contributed by atoms with Crippen molar-refractivity contribution in [1.29, 1.82) is 0 Å². The maximum atomic E-state index is 6.04. The first-order valence-electron chi connectivity index (χ1n) is 6.13. The lowest BCUT2D eigenvalue weighted by Gasteiger charge is -2.37. The summed E-state index contributed by atoms with van der Waals surface area (Å²) in [5, 5.41) is 0. The SMILES string of the molecule is CC(C)(C)[C@@H]1C=C[C@@H]2CO[Si](C)(C)[C@@H]2C1. The Bertz CT molecular complexity index is 275. The third kappa shape index (κ3) is 2.07. The Balaban J connectivity index is 2.18. The van der Waals surface area contributed by atoms with E-state index < -0.39 is 8.32 Å². The van der Waals surface area contributed by atoms with Crippen molar-refractivity contribution in [1.82, 2.24) is 0 Å². The molecule has 0 aromatic heterocycles. The van der Waals surface area contributed by atoms with Gasteiger partial charge in [0.1, 0.15) is 0 Å². The highest BCUT2D eigenvalue weighted by Crippen LogP contribution is 2.49. The first-order valence-corrected chi connectivity index (χ1v) is 9.11. The summed E-state index contributed by atoms with van der Waals surface area (Å²) < 4.78 is 6.04. The Morgan fingerprint density at radius 1 is 1.20 bits per heavy atom. The highest BCUT2D eigenvalue weighted by atomic mass is 28.4. The van der Waals surface area contributed by atoms with Gasteiger partial charge < -0.3 is 4.43 Å². The predicted molar refractivity (Wildman–Crippen MR) is 67.4 cm³/mol. The van der Waals surface area contributed by atoms with Gasteiger partial charge in [-0.3, -0.25) is 0 Å². The van der Waals surface area contributed by atoms with Crippen LogP contribution in [0.4, 0.5) is 0 Å². The zero-order valence-electron chi connectivity index (χ0n) is 10.7. The van der Waals surface area contributed by atoms with Gasteiger partial charge in [0.25, 0.3) is 0 Å². The molecule has 0 amide bonds. The summed E-state index contributed by atoms with van der Waals surface area (Å²) in [5.74, 6) is 1.47. The molecule has 1 fully saturated rings. The lowest BCUT2D eigenvalue weighted by molar-refractivity contribution is 0.252. The van der Waals surface area contributed by atoms with E-state index in [1.54, 1.807) is 0 Å². The van der Waals surface area contributed by atoms with Crippen LogP contribution in [0.5, 0.6) is 0 Å². The van der Waals surface area contributed by atoms with Crippen molar-refractivity contribution in [3.05, 3.63) is 12.2 Å². The molecule has 86 valence electrons. The van der Waals surface area contributed by atoms with Crippen LogP contribution in [0.2, 0.25) is 18.6 Å². The average molecular weight is 224 g/mol. The molecule has 0 aromatic rings. The Kier molecular flexibility index (Phi) is 2.63. The number of fused-ring (bicyclic) bond motifs is 1. The molecule has 0 unspecified atom stereocenters.